The largest absolute Gasteiger partial charge is 0.348 e. The van der Waals surface area contributed by atoms with Crippen LogP contribution in [0.15, 0.2) is 0 Å². The van der Waals surface area contributed by atoms with Gasteiger partial charge in [-0.05, 0) is 32.4 Å². The van der Waals surface area contributed by atoms with Crippen molar-refractivity contribution in [2.45, 2.75) is 50.9 Å². The van der Waals surface area contributed by atoms with Crippen LogP contribution in [-0.2, 0) is 11.3 Å². The molecule has 1 aliphatic rings. The number of carbonyl (C=O) groups is 1. The minimum atomic E-state index is 0.0309. The van der Waals surface area contributed by atoms with Gasteiger partial charge in [0.15, 0.2) is 5.82 Å². The molecule has 1 atom stereocenters. The van der Waals surface area contributed by atoms with Crippen LogP contribution in [0.3, 0.4) is 0 Å². The van der Waals surface area contributed by atoms with Crippen LogP contribution in [0.5, 0.6) is 0 Å². The highest BCUT2D eigenvalue weighted by Crippen LogP contribution is 2.36. The van der Waals surface area contributed by atoms with E-state index in [-0.39, 0.29) is 11.2 Å². The Morgan fingerprint density at radius 3 is 2.83 bits per heavy atom. The zero-order valence-electron chi connectivity index (χ0n) is 11.1. The number of nitrogens with zero attached hydrogens (tertiary/aromatic N) is 3. The van der Waals surface area contributed by atoms with Crippen LogP contribution in [0.2, 0.25) is 0 Å². The average Bonchev–Trinajstić information content (AvgIpc) is 3.12. The maximum atomic E-state index is 11.9. The molecule has 1 aliphatic carbocycles. The third-order valence-electron chi connectivity index (χ3n) is 3.22. The molecule has 18 heavy (non-hydrogen) atoms. The van der Waals surface area contributed by atoms with Crippen molar-refractivity contribution in [3.8, 4) is 0 Å². The number of thioether (sulfide) groups is 1. The van der Waals surface area contributed by atoms with E-state index in [2.05, 4.69) is 20.1 Å². The van der Waals surface area contributed by atoms with Crippen molar-refractivity contribution in [1.29, 1.82) is 0 Å². The maximum absolute atomic E-state index is 11.9. The van der Waals surface area contributed by atoms with Gasteiger partial charge in [-0.1, -0.05) is 6.92 Å². The standard InChI is InChI=1S/C12H20N4OS/c1-4-10(18-3)12(17)13-7-11-15-14-8(2)16(11)9-5-6-9/h9-10H,4-7H2,1-3H3,(H,13,17)/t10-/m0/s1. The summed E-state index contributed by atoms with van der Waals surface area (Å²) in [7, 11) is 0. The molecule has 0 bridgehead atoms. The van der Waals surface area contributed by atoms with E-state index in [1.807, 2.05) is 20.1 Å². The molecular formula is C12H20N4OS. The van der Waals surface area contributed by atoms with Gasteiger partial charge in [-0.15, -0.1) is 10.2 Å². The lowest BCUT2D eigenvalue weighted by molar-refractivity contribution is -0.120. The summed E-state index contributed by atoms with van der Waals surface area (Å²) in [5.41, 5.74) is 0. The summed E-state index contributed by atoms with van der Waals surface area (Å²) in [6.45, 7) is 4.47. The molecule has 0 radical (unpaired) electrons. The first kappa shape index (κ1) is 13.4. The molecule has 5 nitrogen and oxygen atoms in total. The number of amides is 1. The Balaban J connectivity index is 1.96. The minimum absolute atomic E-state index is 0.0309. The Kier molecular flexibility index (Phi) is 4.27. The van der Waals surface area contributed by atoms with Gasteiger partial charge in [0.25, 0.3) is 0 Å². The zero-order chi connectivity index (χ0) is 13.1. The number of nitrogens with one attached hydrogen (secondary N) is 1. The fourth-order valence-corrected chi connectivity index (χ4v) is 2.71. The lowest BCUT2D eigenvalue weighted by Crippen LogP contribution is -2.32. The third kappa shape index (κ3) is 2.85. The van der Waals surface area contributed by atoms with Gasteiger partial charge in [-0.25, -0.2) is 0 Å². The van der Waals surface area contributed by atoms with Gasteiger partial charge in [0.05, 0.1) is 11.8 Å². The molecule has 2 rings (SSSR count). The number of rotatable bonds is 6. The Morgan fingerprint density at radius 1 is 1.56 bits per heavy atom. The summed E-state index contributed by atoms with van der Waals surface area (Å²) in [6, 6.07) is 0.550. The van der Waals surface area contributed by atoms with Crippen LogP contribution in [0, 0.1) is 6.92 Å². The quantitative estimate of drug-likeness (QED) is 0.852. The third-order valence-corrected chi connectivity index (χ3v) is 4.33. The molecule has 0 aromatic carbocycles. The van der Waals surface area contributed by atoms with Gasteiger partial charge in [-0.2, -0.15) is 11.8 Å². The second-order valence-electron chi connectivity index (χ2n) is 4.62. The van der Waals surface area contributed by atoms with Crippen LogP contribution in [0.1, 0.15) is 43.9 Å². The van der Waals surface area contributed by atoms with E-state index in [9.17, 15) is 4.79 Å². The fraction of sp³-hybridized carbons (Fsp3) is 0.750. The summed E-state index contributed by atoms with van der Waals surface area (Å²) < 4.78 is 2.15. The van der Waals surface area contributed by atoms with Gasteiger partial charge in [0, 0.05) is 6.04 Å². The molecule has 6 heteroatoms. The molecule has 1 fully saturated rings. The van der Waals surface area contributed by atoms with Gasteiger partial charge < -0.3 is 9.88 Å². The molecule has 0 aliphatic heterocycles. The van der Waals surface area contributed by atoms with Crippen LogP contribution in [0.4, 0.5) is 0 Å². The topological polar surface area (TPSA) is 59.8 Å². The highest BCUT2D eigenvalue weighted by Gasteiger charge is 2.28. The van der Waals surface area contributed by atoms with Crippen LogP contribution >= 0.6 is 11.8 Å². The van der Waals surface area contributed by atoms with Crippen molar-refractivity contribution in [1.82, 2.24) is 20.1 Å². The van der Waals surface area contributed by atoms with E-state index >= 15 is 0 Å². The average molecular weight is 268 g/mol. The second-order valence-corrected chi connectivity index (χ2v) is 5.66. The Labute approximate surface area is 112 Å². The number of carbonyl (C=O) groups excluding carboxylic acids is 1. The van der Waals surface area contributed by atoms with E-state index in [1.54, 1.807) is 11.8 Å². The van der Waals surface area contributed by atoms with Crippen molar-refractivity contribution >= 4 is 17.7 Å². The van der Waals surface area contributed by atoms with Gasteiger partial charge >= 0.3 is 0 Å². The normalized spacial score (nSPS) is 16.6. The monoisotopic (exact) mass is 268 g/mol. The first-order valence-corrected chi connectivity index (χ1v) is 7.67. The fourth-order valence-electron chi connectivity index (χ4n) is 2.08. The van der Waals surface area contributed by atoms with Crippen molar-refractivity contribution in [2.24, 2.45) is 0 Å². The molecule has 0 saturated heterocycles. The second kappa shape index (κ2) is 5.73. The van der Waals surface area contributed by atoms with Crippen LogP contribution in [-0.4, -0.2) is 32.2 Å². The number of hydrogen-bond acceptors (Lipinski definition) is 4. The Hall–Kier alpha value is -1.04. The minimum Gasteiger partial charge on any atom is -0.348 e. The molecule has 1 heterocycles. The number of aromatic nitrogens is 3. The molecule has 1 aromatic rings. The highest BCUT2D eigenvalue weighted by molar-refractivity contribution is 7.99. The molecule has 0 spiro atoms. The predicted molar refractivity (Wildman–Crippen MR) is 72.5 cm³/mol. The predicted octanol–water partition coefficient (Wildman–Crippen LogP) is 1.68. The van der Waals surface area contributed by atoms with E-state index < -0.39 is 0 Å². The molecule has 0 unspecified atom stereocenters. The molecule has 1 aromatic heterocycles. The van der Waals surface area contributed by atoms with Gasteiger partial charge in [-0.3, -0.25) is 4.79 Å². The lowest BCUT2D eigenvalue weighted by atomic mass is 10.3. The van der Waals surface area contributed by atoms with Crippen molar-refractivity contribution in [3.05, 3.63) is 11.6 Å². The van der Waals surface area contributed by atoms with Crippen molar-refractivity contribution in [2.75, 3.05) is 6.26 Å². The lowest BCUT2D eigenvalue weighted by Gasteiger charge is -2.12. The SMILES string of the molecule is CC[C@H](SC)C(=O)NCc1nnc(C)n1C1CC1. The first-order valence-electron chi connectivity index (χ1n) is 6.38. The molecule has 1 saturated carbocycles. The Morgan fingerprint density at radius 2 is 2.28 bits per heavy atom. The summed E-state index contributed by atoms with van der Waals surface area (Å²) in [4.78, 5) is 11.9. The Bertz CT molecular complexity index is 424. The smallest absolute Gasteiger partial charge is 0.233 e. The summed E-state index contributed by atoms with van der Waals surface area (Å²) in [5, 5.41) is 11.2. The highest BCUT2D eigenvalue weighted by atomic mass is 32.2. The summed E-state index contributed by atoms with van der Waals surface area (Å²) in [5.74, 6) is 1.91. The zero-order valence-corrected chi connectivity index (χ0v) is 12.0. The van der Waals surface area contributed by atoms with E-state index in [0.29, 0.717) is 12.6 Å². The molecular weight excluding hydrogens is 248 g/mol. The van der Waals surface area contributed by atoms with Crippen LogP contribution in [0.25, 0.3) is 0 Å². The maximum Gasteiger partial charge on any atom is 0.233 e. The summed E-state index contributed by atoms with van der Waals surface area (Å²) >= 11 is 1.59. The first-order chi connectivity index (χ1) is 8.67. The van der Waals surface area contributed by atoms with Gasteiger partial charge in [0.1, 0.15) is 5.82 Å². The van der Waals surface area contributed by atoms with Crippen molar-refractivity contribution < 1.29 is 4.79 Å². The number of aryl methyl sites for hydroxylation is 1. The van der Waals surface area contributed by atoms with Crippen LogP contribution < -0.4 is 5.32 Å². The van der Waals surface area contributed by atoms with Gasteiger partial charge in [0.2, 0.25) is 5.91 Å². The van der Waals surface area contributed by atoms with E-state index in [0.717, 1.165) is 18.1 Å². The van der Waals surface area contributed by atoms with E-state index in [1.165, 1.54) is 12.8 Å². The molecule has 100 valence electrons. The molecule has 1 amide bonds. The van der Waals surface area contributed by atoms with E-state index in [4.69, 9.17) is 0 Å². The van der Waals surface area contributed by atoms with Crippen molar-refractivity contribution in [3.63, 3.8) is 0 Å². The number of hydrogen-bond donors (Lipinski definition) is 1. The summed E-state index contributed by atoms with van der Waals surface area (Å²) in [6.07, 6.45) is 5.20. The molecule has 1 N–H and O–H groups in total.